The van der Waals surface area contributed by atoms with Crippen LogP contribution in [0.3, 0.4) is 0 Å². The standard InChI is InChI=1S/C33H38N8O4/c42-31(39-15-13-38(14-16-39)22-27-5-3-17-45-27)30(19-23-7-8-29-25(18-23)20-34-37-29)36-32(43)40-11-9-26(10-12-40)41-21-24-4-1-2-6-28(24)35-33(41)44/h1-8,17-18,20,26,30H,9-16,19,21-22H2,(H,34,37)(H,35,44)(H,36,43). The van der Waals surface area contributed by atoms with E-state index in [4.69, 9.17) is 4.42 Å². The minimum atomic E-state index is -0.708. The molecule has 0 saturated carbocycles. The second kappa shape index (κ2) is 12.6. The Bertz CT molecular complexity index is 1650. The number of anilines is 1. The maximum absolute atomic E-state index is 13.9. The number of para-hydroxylation sites is 1. The summed E-state index contributed by atoms with van der Waals surface area (Å²) in [7, 11) is 0. The van der Waals surface area contributed by atoms with Crippen LogP contribution in [-0.4, -0.2) is 99.1 Å². The van der Waals surface area contributed by atoms with Gasteiger partial charge in [-0.05, 0) is 54.3 Å². The number of furan rings is 1. The number of aromatic amines is 1. The summed E-state index contributed by atoms with van der Waals surface area (Å²) < 4.78 is 5.50. The van der Waals surface area contributed by atoms with Gasteiger partial charge in [0.2, 0.25) is 5.91 Å². The van der Waals surface area contributed by atoms with Gasteiger partial charge in [-0.25, -0.2) is 9.59 Å². The fraction of sp³-hybridized carbons (Fsp3) is 0.394. The number of H-pyrrole nitrogens is 1. The summed E-state index contributed by atoms with van der Waals surface area (Å²) >= 11 is 0. The number of rotatable bonds is 7. The van der Waals surface area contributed by atoms with E-state index >= 15 is 0 Å². The van der Waals surface area contributed by atoms with Crippen LogP contribution in [0.15, 0.2) is 71.5 Å². The lowest BCUT2D eigenvalue weighted by molar-refractivity contribution is -0.135. The maximum atomic E-state index is 13.9. The molecule has 3 N–H and O–H groups in total. The van der Waals surface area contributed by atoms with Crippen LogP contribution in [0.4, 0.5) is 15.3 Å². The van der Waals surface area contributed by atoms with Crippen LogP contribution in [-0.2, 0) is 24.3 Å². The molecule has 0 aliphatic carbocycles. The van der Waals surface area contributed by atoms with Gasteiger partial charge in [0.05, 0.1) is 24.5 Å². The summed E-state index contributed by atoms with van der Waals surface area (Å²) in [6, 6.07) is 16.6. The summed E-state index contributed by atoms with van der Waals surface area (Å²) in [6.07, 6.45) is 5.17. The third kappa shape index (κ3) is 6.37. The summed E-state index contributed by atoms with van der Waals surface area (Å²) in [5.41, 5.74) is 3.83. The normalized spacial score (nSPS) is 18.5. The van der Waals surface area contributed by atoms with E-state index in [0.29, 0.717) is 58.5 Å². The third-order valence-corrected chi connectivity index (χ3v) is 9.24. The summed E-state index contributed by atoms with van der Waals surface area (Å²) in [4.78, 5) is 48.2. The lowest BCUT2D eigenvalue weighted by atomic mass is 10.0. The average Bonchev–Trinajstić information content (AvgIpc) is 3.76. The first-order valence-electron chi connectivity index (χ1n) is 15.7. The van der Waals surface area contributed by atoms with Crippen LogP contribution in [0.25, 0.3) is 10.9 Å². The summed E-state index contributed by atoms with van der Waals surface area (Å²) in [5, 5.41) is 14.1. The number of piperazine rings is 1. The largest absolute Gasteiger partial charge is 0.468 e. The van der Waals surface area contributed by atoms with E-state index in [2.05, 4.69) is 25.7 Å². The number of hydrogen-bond donors (Lipinski definition) is 3. The van der Waals surface area contributed by atoms with Crippen molar-refractivity contribution < 1.29 is 18.8 Å². The molecule has 5 amide bonds. The van der Waals surface area contributed by atoms with Gasteiger partial charge in [-0.15, -0.1) is 0 Å². The molecule has 7 rings (SSSR count). The fourth-order valence-electron chi connectivity index (χ4n) is 6.66. The highest BCUT2D eigenvalue weighted by molar-refractivity contribution is 5.92. The quantitative estimate of drug-likeness (QED) is 0.293. The Hall–Kier alpha value is -4.84. The van der Waals surface area contributed by atoms with E-state index in [9.17, 15) is 14.4 Å². The molecular formula is C33H38N8O4. The van der Waals surface area contributed by atoms with Gasteiger partial charge in [0.25, 0.3) is 0 Å². The Balaban J connectivity index is 0.994. The minimum Gasteiger partial charge on any atom is -0.468 e. The molecule has 2 aromatic carbocycles. The Morgan fingerprint density at radius 2 is 1.80 bits per heavy atom. The van der Waals surface area contributed by atoms with Crippen LogP contribution >= 0.6 is 0 Å². The van der Waals surface area contributed by atoms with Gasteiger partial charge >= 0.3 is 12.1 Å². The topological polar surface area (TPSA) is 130 Å². The van der Waals surface area contributed by atoms with Gasteiger partial charge in [0, 0.05) is 69.3 Å². The van der Waals surface area contributed by atoms with E-state index in [0.717, 1.165) is 46.6 Å². The van der Waals surface area contributed by atoms with Crippen LogP contribution in [0.5, 0.6) is 0 Å². The van der Waals surface area contributed by atoms with Crippen molar-refractivity contribution in [3.8, 4) is 0 Å². The molecule has 0 radical (unpaired) electrons. The predicted molar refractivity (Wildman–Crippen MR) is 168 cm³/mol. The molecule has 0 bridgehead atoms. The molecule has 4 aromatic rings. The number of carbonyl (C=O) groups is 3. The number of amides is 5. The van der Waals surface area contributed by atoms with Crippen LogP contribution < -0.4 is 10.6 Å². The molecule has 234 valence electrons. The number of nitrogens with one attached hydrogen (secondary N) is 3. The number of aromatic nitrogens is 2. The van der Waals surface area contributed by atoms with E-state index in [1.54, 1.807) is 17.4 Å². The van der Waals surface area contributed by atoms with Gasteiger partial charge < -0.3 is 29.8 Å². The number of nitrogens with zero attached hydrogens (tertiary/aromatic N) is 5. The van der Waals surface area contributed by atoms with Crippen molar-refractivity contribution in [1.29, 1.82) is 0 Å². The van der Waals surface area contributed by atoms with E-state index in [1.807, 2.05) is 64.4 Å². The number of benzene rings is 2. The lowest BCUT2D eigenvalue weighted by Crippen LogP contribution is -2.58. The van der Waals surface area contributed by atoms with Crippen LogP contribution in [0.1, 0.15) is 29.7 Å². The highest BCUT2D eigenvalue weighted by Gasteiger charge is 2.35. The Labute approximate surface area is 261 Å². The minimum absolute atomic E-state index is 0.0407. The maximum Gasteiger partial charge on any atom is 0.322 e. The number of hydrogen-bond acceptors (Lipinski definition) is 6. The average molecular weight is 611 g/mol. The number of piperidine rings is 1. The predicted octanol–water partition coefficient (Wildman–Crippen LogP) is 3.63. The van der Waals surface area contributed by atoms with Crippen molar-refractivity contribution in [1.82, 2.24) is 35.1 Å². The highest BCUT2D eigenvalue weighted by Crippen LogP contribution is 2.27. The molecule has 3 aliphatic rings. The zero-order chi connectivity index (χ0) is 30.8. The molecule has 45 heavy (non-hydrogen) atoms. The zero-order valence-electron chi connectivity index (χ0n) is 25.2. The van der Waals surface area contributed by atoms with Gasteiger partial charge in [-0.3, -0.25) is 14.8 Å². The first-order chi connectivity index (χ1) is 22.0. The third-order valence-electron chi connectivity index (χ3n) is 9.24. The van der Waals surface area contributed by atoms with Crippen LogP contribution in [0.2, 0.25) is 0 Å². The first-order valence-corrected chi connectivity index (χ1v) is 15.7. The molecule has 3 aliphatic heterocycles. The van der Waals surface area contributed by atoms with E-state index in [-0.39, 0.29) is 24.0 Å². The second-order valence-corrected chi connectivity index (χ2v) is 12.1. The van der Waals surface area contributed by atoms with Gasteiger partial charge in [-0.1, -0.05) is 24.3 Å². The van der Waals surface area contributed by atoms with E-state index in [1.165, 1.54) is 0 Å². The second-order valence-electron chi connectivity index (χ2n) is 12.1. The summed E-state index contributed by atoms with van der Waals surface area (Å²) in [6.45, 7) is 4.92. The van der Waals surface area contributed by atoms with Crippen molar-refractivity contribution in [2.75, 3.05) is 44.6 Å². The van der Waals surface area contributed by atoms with Gasteiger partial charge in [0.1, 0.15) is 11.8 Å². The fourth-order valence-corrected chi connectivity index (χ4v) is 6.66. The molecule has 12 heteroatoms. The molecule has 12 nitrogen and oxygen atoms in total. The monoisotopic (exact) mass is 610 g/mol. The van der Waals surface area contributed by atoms with Crippen molar-refractivity contribution in [2.45, 2.75) is 44.4 Å². The molecule has 2 fully saturated rings. The number of fused-ring (bicyclic) bond motifs is 2. The summed E-state index contributed by atoms with van der Waals surface area (Å²) in [5.74, 6) is 0.830. The molecule has 1 atom stereocenters. The number of urea groups is 2. The number of likely N-dealkylation sites (tertiary alicyclic amines) is 1. The van der Waals surface area contributed by atoms with E-state index < -0.39 is 6.04 Å². The highest BCUT2D eigenvalue weighted by atomic mass is 16.3. The molecule has 1 unspecified atom stereocenters. The lowest BCUT2D eigenvalue weighted by Gasteiger charge is -2.41. The van der Waals surface area contributed by atoms with Gasteiger partial charge in [0.15, 0.2) is 0 Å². The Morgan fingerprint density at radius 1 is 0.978 bits per heavy atom. The smallest absolute Gasteiger partial charge is 0.322 e. The first kappa shape index (κ1) is 28.9. The van der Waals surface area contributed by atoms with Gasteiger partial charge in [-0.2, -0.15) is 5.10 Å². The molecular weight excluding hydrogens is 572 g/mol. The van der Waals surface area contributed by atoms with Crippen LogP contribution in [0, 0.1) is 0 Å². The molecule has 5 heterocycles. The van der Waals surface area contributed by atoms with Crippen molar-refractivity contribution in [3.05, 3.63) is 83.9 Å². The number of carbonyl (C=O) groups excluding carboxylic acids is 3. The molecule has 2 aromatic heterocycles. The zero-order valence-corrected chi connectivity index (χ0v) is 25.2. The van der Waals surface area contributed by atoms with Crippen molar-refractivity contribution in [3.63, 3.8) is 0 Å². The van der Waals surface area contributed by atoms with Crippen molar-refractivity contribution >= 4 is 34.6 Å². The Kier molecular flexibility index (Phi) is 8.12. The van der Waals surface area contributed by atoms with Crippen molar-refractivity contribution in [2.24, 2.45) is 0 Å². The molecule has 0 spiro atoms. The molecule has 2 saturated heterocycles. The Morgan fingerprint density at radius 3 is 2.60 bits per heavy atom. The SMILES string of the molecule is O=C(NC(Cc1ccc2[nH]ncc2c1)C(=O)N1CCN(Cc2ccco2)CC1)N1CCC(N2Cc3ccccc3NC2=O)CC1.